The minimum Gasteiger partial charge on any atom is -0.325 e. The van der Waals surface area contributed by atoms with Crippen LogP contribution in [0.15, 0.2) is 30.5 Å². The highest BCUT2D eigenvalue weighted by atomic mass is 35.5. The molecule has 3 rings (SSSR count). The van der Waals surface area contributed by atoms with E-state index in [9.17, 15) is 17.6 Å². The SMILES string of the molecule is CN1[C@H](C(=O)Nc2ccc(F)c(Cl)c2)C[C@H](c2ccns2)NS1(=O)=O. The lowest BCUT2D eigenvalue weighted by Crippen LogP contribution is -2.55. The first kappa shape index (κ1) is 18.2. The van der Waals surface area contributed by atoms with E-state index in [4.69, 9.17) is 11.6 Å². The van der Waals surface area contributed by atoms with Gasteiger partial charge in [0.25, 0.3) is 10.2 Å². The maximum absolute atomic E-state index is 13.2. The number of nitrogens with one attached hydrogen (secondary N) is 2. The van der Waals surface area contributed by atoms with Gasteiger partial charge in [-0.2, -0.15) is 17.4 Å². The summed E-state index contributed by atoms with van der Waals surface area (Å²) >= 11 is 6.87. The fourth-order valence-electron chi connectivity index (χ4n) is 2.50. The van der Waals surface area contributed by atoms with Crippen LogP contribution in [-0.2, 0) is 15.0 Å². The van der Waals surface area contributed by atoms with Crippen LogP contribution in [0.2, 0.25) is 5.02 Å². The van der Waals surface area contributed by atoms with Gasteiger partial charge in [-0.05, 0) is 42.2 Å². The maximum atomic E-state index is 13.2. The summed E-state index contributed by atoms with van der Waals surface area (Å²) in [6.45, 7) is 0. The smallest absolute Gasteiger partial charge is 0.280 e. The molecule has 0 aliphatic carbocycles. The molecule has 7 nitrogen and oxygen atoms in total. The van der Waals surface area contributed by atoms with Gasteiger partial charge in [-0.25, -0.2) is 8.76 Å². The monoisotopic (exact) mass is 404 g/mol. The Morgan fingerprint density at radius 3 is 2.88 bits per heavy atom. The lowest BCUT2D eigenvalue weighted by molar-refractivity contribution is -0.120. The maximum Gasteiger partial charge on any atom is 0.280 e. The Morgan fingerprint density at radius 1 is 1.48 bits per heavy atom. The third-order valence-electron chi connectivity index (χ3n) is 3.86. The number of nitrogens with zero attached hydrogens (tertiary/aromatic N) is 2. The molecule has 2 aromatic rings. The summed E-state index contributed by atoms with van der Waals surface area (Å²) in [5.41, 5.74) is 0.287. The molecule has 1 aromatic carbocycles. The van der Waals surface area contributed by atoms with Crippen molar-refractivity contribution in [3.8, 4) is 0 Å². The molecule has 0 radical (unpaired) electrons. The number of amides is 1. The number of benzene rings is 1. The summed E-state index contributed by atoms with van der Waals surface area (Å²) in [6.07, 6.45) is 1.81. The first-order chi connectivity index (χ1) is 11.8. The number of hydrogen-bond acceptors (Lipinski definition) is 5. The van der Waals surface area contributed by atoms with Gasteiger partial charge in [0.05, 0.1) is 11.1 Å². The molecule has 11 heteroatoms. The number of aromatic nitrogens is 1. The molecule has 1 fully saturated rings. The predicted octanol–water partition coefficient (Wildman–Crippen LogP) is 2.15. The van der Waals surface area contributed by atoms with Crippen molar-refractivity contribution in [2.45, 2.75) is 18.5 Å². The molecule has 1 aliphatic heterocycles. The minimum absolute atomic E-state index is 0.133. The van der Waals surface area contributed by atoms with Gasteiger partial charge in [0.15, 0.2) is 0 Å². The molecule has 134 valence electrons. The Morgan fingerprint density at radius 2 is 2.24 bits per heavy atom. The number of carbonyl (C=O) groups is 1. The molecule has 0 saturated carbocycles. The van der Waals surface area contributed by atoms with Gasteiger partial charge in [-0.1, -0.05) is 11.6 Å². The molecular formula is C14H14ClFN4O3S2. The molecule has 2 atom stereocenters. The molecule has 0 unspecified atom stereocenters. The van der Waals surface area contributed by atoms with Crippen LogP contribution in [0.25, 0.3) is 0 Å². The highest BCUT2D eigenvalue weighted by Gasteiger charge is 2.41. The fourth-order valence-corrected chi connectivity index (χ4v) is 4.67. The van der Waals surface area contributed by atoms with Crippen molar-refractivity contribution in [2.24, 2.45) is 0 Å². The van der Waals surface area contributed by atoms with Crippen LogP contribution >= 0.6 is 23.1 Å². The summed E-state index contributed by atoms with van der Waals surface area (Å²) in [5.74, 6) is -1.13. The van der Waals surface area contributed by atoms with E-state index in [0.29, 0.717) is 0 Å². The number of likely N-dealkylation sites (N-methyl/N-ethyl adjacent to an activating group) is 1. The number of rotatable bonds is 3. The summed E-state index contributed by atoms with van der Waals surface area (Å²) < 4.78 is 45.3. The van der Waals surface area contributed by atoms with E-state index in [2.05, 4.69) is 14.4 Å². The molecule has 2 N–H and O–H groups in total. The van der Waals surface area contributed by atoms with E-state index in [-0.39, 0.29) is 17.1 Å². The van der Waals surface area contributed by atoms with Crippen molar-refractivity contribution in [3.05, 3.63) is 46.2 Å². The molecule has 1 saturated heterocycles. The normalized spacial score (nSPS) is 23.3. The molecule has 0 bridgehead atoms. The van der Waals surface area contributed by atoms with E-state index in [1.54, 1.807) is 12.3 Å². The van der Waals surface area contributed by atoms with Gasteiger partial charge in [0.1, 0.15) is 11.9 Å². The molecule has 25 heavy (non-hydrogen) atoms. The van der Waals surface area contributed by atoms with Gasteiger partial charge in [0, 0.05) is 23.8 Å². The number of hydrogen-bond donors (Lipinski definition) is 2. The van der Waals surface area contributed by atoms with Crippen LogP contribution < -0.4 is 10.0 Å². The molecule has 1 aromatic heterocycles. The molecule has 2 heterocycles. The summed E-state index contributed by atoms with van der Waals surface area (Å²) in [4.78, 5) is 13.3. The van der Waals surface area contributed by atoms with Crippen molar-refractivity contribution < 1.29 is 17.6 Å². The standard InChI is InChI=1S/C14H14ClFN4O3S2/c1-20-12(14(21)18-8-2-3-10(16)9(15)6-8)7-11(19-25(20,22)23)13-4-5-17-24-13/h2-6,11-12,19H,7H2,1H3,(H,18,21)/t11-,12+/m1/s1. The van der Waals surface area contributed by atoms with Gasteiger partial charge in [-0.3, -0.25) is 4.79 Å². The zero-order valence-corrected chi connectivity index (χ0v) is 15.3. The molecule has 1 amide bonds. The van der Waals surface area contributed by atoms with Gasteiger partial charge >= 0.3 is 0 Å². The highest BCUT2D eigenvalue weighted by molar-refractivity contribution is 7.87. The van der Waals surface area contributed by atoms with E-state index in [1.165, 1.54) is 30.7 Å². The van der Waals surface area contributed by atoms with Crippen molar-refractivity contribution >= 4 is 44.9 Å². The van der Waals surface area contributed by atoms with Gasteiger partial charge in [-0.15, -0.1) is 0 Å². The second-order valence-electron chi connectivity index (χ2n) is 5.48. The van der Waals surface area contributed by atoms with Crippen LogP contribution in [-0.4, -0.2) is 36.1 Å². The van der Waals surface area contributed by atoms with Crippen molar-refractivity contribution in [3.63, 3.8) is 0 Å². The molecule has 0 spiro atoms. The Bertz CT molecular complexity index is 891. The predicted molar refractivity (Wildman–Crippen MR) is 93.1 cm³/mol. The summed E-state index contributed by atoms with van der Waals surface area (Å²) in [5, 5.41) is 2.44. The lowest BCUT2D eigenvalue weighted by atomic mass is 10.1. The Kier molecular flexibility index (Phi) is 5.07. The third-order valence-corrected chi connectivity index (χ3v) is 6.60. The second-order valence-corrected chi connectivity index (χ2v) is 8.51. The Labute approximate surface area is 153 Å². The Hall–Kier alpha value is -1.59. The summed E-state index contributed by atoms with van der Waals surface area (Å²) in [6, 6.07) is 3.99. The van der Waals surface area contributed by atoms with Crippen molar-refractivity contribution in [1.82, 2.24) is 13.4 Å². The number of carbonyl (C=O) groups excluding carboxylic acids is 1. The molecule has 1 aliphatic rings. The minimum atomic E-state index is -3.82. The van der Waals surface area contributed by atoms with Crippen LogP contribution in [0.4, 0.5) is 10.1 Å². The third kappa shape index (κ3) is 3.82. The van der Waals surface area contributed by atoms with E-state index < -0.39 is 34.0 Å². The lowest BCUT2D eigenvalue weighted by Gasteiger charge is -2.35. The van der Waals surface area contributed by atoms with E-state index in [0.717, 1.165) is 15.2 Å². The van der Waals surface area contributed by atoms with E-state index >= 15 is 0 Å². The molecular weight excluding hydrogens is 391 g/mol. The van der Waals surface area contributed by atoms with Gasteiger partial charge < -0.3 is 5.32 Å². The summed E-state index contributed by atoms with van der Waals surface area (Å²) in [7, 11) is -2.50. The van der Waals surface area contributed by atoms with Crippen molar-refractivity contribution in [2.75, 3.05) is 12.4 Å². The van der Waals surface area contributed by atoms with Crippen LogP contribution in [0.5, 0.6) is 0 Å². The van der Waals surface area contributed by atoms with Crippen molar-refractivity contribution in [1.29, 1.82) is 0 Å². The average Bonchev–Trinajstić information content (AvgIpc) is 3.07. The second kappa shape index (κ2) is 6.96. The van der Waals surface area contributed by atoms with Crippen LogP contribution in [0.3, 0.4) is 0 Å². The van der Waals surface area contributed by atoms with Crippen LogP contribution in [0, 0.1) is 5.82 Å². The van der Waals surface area contributed by atoms with E-state index in [1.807, 2.05) is 0 Å². The number of halogens is 2. The zero-order valence-electron chi connectivity index (χ0n) is 12.9. The van der Waals surface area contributed by atoms with Gasteiger partial charge in [0.2, 0.25) is 5.91 Å². The first-order valence-electron chi connectivity index (χ1n) is 7.19. The first-order valence-corrected chi connectivity index (χ1v) is 9.79. The number of anilines is 1. The zero-order chi connectivity index (χ0) is 18.2. The fraction of sp³-hybridized carbons (Fsp3) is 0.286. The quantitative estimate of drug-likeness (QED) is 0.820. The Balaban J connectivity index is 1.83. The largest absolute Gasteiger partial charge is 0.325 e. The average molecular weight is 405 g/mol. The highest BCUT2D eigenvalue weighted by Crippen LogP contribution is 2.30. The van der Waals surface area contributed by atoms with Crippen LogP contribution in [0.1, 0.15) is 17.3 Å². The topological polar surface area (TPSA) is 91.4 Å².